The number of hydrogen-bond donors (Lipinski definition) is 1. The van der Waals surface area contributed by atoms with Crippen molar-refractivity contribution in [2.24, 2.45) is 0 Å². The molecule has 1 N–H and O–H groups in total. The molecule has 0 radical (unpaired) electrons. The third-order valence-corrected chi connectivity index (χ3v) is 4.71. The predicted octanol–water partition coefficient (Wildman–Crippen LogP) is 3.30. The number of halogens is 1. The lowest BCUT2D eigenvalue weighted by Crippen LogP contribution is -2.24. The Morgan fingerprint density at radius 2 is 2.00 bits per heavy atom. The second kappa shape index (κ2) is 7.82. The van der Waals surface area contributed by atoms with Gasteiger partial charge >= 0.3 is 5.69 Å². The van der Waals surface area contributed by atoms with E-state index in [-0.39, 0.29) is 23.1 Å². The lowest BCUT2D eigenvalue weighted by molar-refractivity contribution is -0.385. The van der Waals surface area contributed by atoms with E-state index in [0.717, 1.165) is 11.3 Å². The third-order valence-electron chi connectivity index (χ3n) is 4.71. The highest BCUT2D eigenvalue weighted by molar-refractivity contribution is 5.94. The summed E-state index contributed by atoms with van der Waals surface area (Å²) in [5.74, 6) is -0.700. The van der Waals surface area contributed by atoms with Gasteiger partial charge in [-0.05, 0) is 45.4 Å². The van der Waals surface area contributed by atoms with Gasteiger partial charge in [-0.25, -0.2) is 4.39 Å². The van der Waals surface area contributed by atoms with Gasteiger partial charge in [0.15, 0.2) is 0 Å². The minimum absolute atomic E-state index is 0.139. The molecule has 1 atom stereocenters. The minimum Gasteiger partial charge on any atom is -0.321 e. The molecule has 0 fully saturated rings. The van der Waals surface area contributed by atoms with Gasteiger partial charge in [0.1, 0.15) is 23.7 Å². The molecule has 152 valence electrons. The molecular formula is C19H21FN6O3. The van der Waals surface area contributed by atoms with Gasteiger partial charge in [0.05, 0.1) is 28.5 Å². The third kappa shape index (κ3) is 4.15. The lowest BCUT2D eigenvalue weighted by Gasteiger charge is -2.13. The number of amides is 1. The van der Waals surface area contributed by atoms with Gasteiger partial charge in [0.2, 0.25) is 5.91 Å². The first-order valence-electron chi connectivity index (χ1n) is 8.96. The molecule has 0 aliphatic heterocycles. The number of aryl methyl sites for hydroxylation is 2. The first-order chi connectivity index (χ1) is 13.7. The molecule has 10 heteroatoms. The van der Waals surface area contributed by atoms with E-state index >= 15 is 0 Å². The van der Waals surface area contributed by atoms with Gasteiger partial charge in [-0.2, -0.15) is 10.2 Å². The molecule has 0 aliphatic rings. The van der Waals surface area contributed by atoms with Crippen molar-refractivity contribution in [1.29, 1.82) is 0 Å². The number of carbonyl (C=O) groups is 1. The zero-order chi connectivity index (χ0) is 21.3. The van der Waals surface area contributed by atoms with Gasteiger partial charge in [-0.3, -0.25) is 24.3 Å². The quantitative estimate of drug-likeness (QED) is 0.504. The molecule has 3 aromatic rings. The standard InChI is InChI=1S/C19H21FN6O3/c1-11-17(26(28)29)10-25(22-11)14(4)19(27)21-18-12(2)23-24(13(18)3)9-15-6-5-7-16(20)8-15/h5-8,10,14H,9H2,1-4H3,(H,21,27). The molecule has 29 heavy (non-hydrogen) atoms. The van der Waals surface area contributed by atoms with E-state index in [0.29, 0.717) is 17.9 Å². The Balaban J connectivity index is 1.79. The topological polar surface area (TPSA) is 108 Å². The van der Waals surface area contributed by atoms with Crippen LogP contribution < -0.4 is 5.32 Å². The van der Waals surface area contributed by atoms with Crippen LogP contribution in [0.4, 0.5) is 15.8 Å². The number of anilines is 1. The summed E-state index contributed by atoms with van der Waals surface area (Å²) in [6.45, 7) is 7.05. The normalized spacial score (nSPS) is 12.0. The number of aromatic nitrogens is 4. The second-order valence-electron chi connectivity index (χ2n) is 6.84. The molecule has 3 rings (SSSR count). The van der Waals surface area contributed by atoms with Crippen molar-refractivity contribution in [3.8, 4) is 0 Å². The Morgan fingerprint density at radius 3 is 2.62 bits per heavy atom. The van der Waals surface area contributed by atoms with Crippen LogP contribution in [0.1, 0.15) is 35.6 Å². The SMILES string of the molecule is Cc1nn(C(C)C(=O)Nc2c(C)nn(Cc3cccc(F)c3)c2C)cc1[N+](=O)[O-]. The summed E-state index contributed by atoms with van der Waals surface area (Å²) in [5.41, 5.74) is 2.74. The van der Waals surface area contributed by atoms with Crippen LogP contribution in [0.3, 0.4) is 0 Å². The zero-order valence-electron chi connectivity index (χ0n) is 16.5. The van der Waals surface area contributed by atoms with E-state index in [1.807, 2.05) is 6.92 Å². The molecular weight excluding hydrogens is 379 g/mol. The monoisotopic (exact) mass is 400 g/mol. The first kappa shape index (κ1) is 20.2. The second-order valence-corrected chi connectivity index (χ2v) is 6.84. The summed E-state index contributed by atoms with van der Waals surface area (Å²) in [5, 5.41) is 22.3. The van der Waals surface area contributed by atoms with E-state index in [4.69, 9.17) is 0 Å². The maximum atomic E-state index is 13.4. The van der Waals surface area contributed by atoms with Crippen molar-refractivity contribution in [1.82, 2.24) is 19.6 Å². The molecule has 2 heterocycles. The van der Waals surface area contributed by atoms with Crippen molar-refractivity contribution >= 4 is 17.3 Å². The lowest BCUT2D eigenvalue weighted by atomic mass is 10.2. The van der Waals surface area contributed by atoms with Crippen LogP contribution in [0, 0.1) is 36.7 Å². The minimum atomic E-state index is -0.757. The smallest absolute Gasteiger partial charge is 0.309 e. The number of hydrogen-bond acceptors (Lipinski definition) is 5. The summed E-state index contributed by atoms with van der Waals surface area (Å²) in [6.07, 6.45) is 1.24. The van der Waals surface area contributed by atoms with Gasteiger partial charge in [0, 0.05) is 0 Å². The van der Waals surface area contributed by atoms with Crippen LogP contribution in [-0.2, 0) is 11.3 Å². The average Bonchev–Trinajstić information content (AvgIpc) is 3.16. The summed E-state index contributed by atoms with van der Waals surface area (Å²) < 4.78 is 16.4. The number of rotatable bonds is 6. The van der Waals surface area contributed by atoms with Crippen molar-refractivity contribution in [2.75, 3.05) is 5.32 Å². The van der Waals surface area contributed by atoms with Gasteiger partial charge in [-0.1, -0.05) is 12.1 Å². The molecule has 1 unspecified atom stereocenters. The Labute approximate surface area is 166 Å². The van der Waals surface area contributed by atoms with Crippen LogP contribution in [0.25, 0.3) is 0 Å². The van der Waals surface area contributed by atoms with Crippen molar-refractivity contribution < 1.29 is 14.1 Å². The maximum absolute atomic E-state index is 13.4. The highest BCUT2D eigenvalue weighted by Gasteiger charge is 2.24. The predicted molar refractivity (Wildman–Crippen MR) is 104 cm³/mol. The van der Waals surface area contributed by atoms with E-state index in [1.54, 1.807) is 30.7 Å². The molecule has 9 nitrogen and oxygen atoms in total. The Kier molecular flexibility index (Phi) is 5.44. The van der Waals surface area contributed by atoms with Gasteiger partial charge in [0.25, 0.3) is 0 Å². The average molecular weight is 400 g/mol. The Hall–Kier alpha value is -3.56. The molecule has 2 aromatic heterocycles. The van der Waals surface area contributed by atoms with Gasteiger partial charge in [-0.15, -0.1) is 0 Å². The van der Waals surface area contributed by atoms with Crippen LogP contribution in [0.5, 0.6) is 0 Å². The molecule has 0 saturated carbocycles. The fraction of sp³-hybridized carbons (Fsp3) is 0.316. The van der Waals surface area contributed by atoms with E-state index in [2.05, 4.69) is 15.5 Å². The summed E-state index contributed by atoms with van der Waals surface area (Å²) in [4.78, 5) is 23.2. The number of nitrogens with zero attached hydrogens (tertiary/aromatic N) is 5. The molecule has 0 saturated heterocycles. The Morgan fingerprint density at radius 1 is 1.28 bits per heavy atom. The van der Waals surface area contributed by atoms with Gasteiger partial charge < -0.3 is 5.32 Å². The zero-order valence-corrected chi connectivity index (χ0v) is 16.5. The maximum Gasteiger partial charge on any atom is 0.309 e. The van der Waals surface area contributed by atoms with Crippen LogP contribution >= 0.6 is 0 Å². The number of benzene rings is 1. The van der Waals surface area contributed by atoms with E-state index in [1.165, 1.54) is 29.9 Å². The van der Waals surface area contributed by atoms with Crippen LogP contribution in [0.2, 0.25) is 0 Å². The van der Waals surface area contributed by atoms with Crippen LogP contribution in [-0.4, -0.2) is 30.4 Å². The number of nitro groups is 1. The summed E-state index contributed by atoms with van der Waals surface area (Å²) >= 11 is 0. The van der Waals surface area contributed by atoms with E-state index < -0.39 is 11.0 Å². The largest absolute Gasteiger partial charge is 0.321 e. The van der Waals surface area contributed by atoms with E-state index in [9.17, 15) is 19.3 Å². The number of nitrogens with one attached hydrogen (secondary N) is 1. The van der Waals surface area contributed by atoms with Crippen LogP contribution in [0.15, 0.2) is 30.5 Å². The van der Waals surface area contributed by atoms with Crippen molar-refractivity contribution in [3.63, 3.8) is 0 Å². The molecule has 1 amide bonds. The molecule has 1 aromatic carbocycles. The Bertz CT molecular complexity index is 1090. The molecule has 0 spiro atoms. The molecule has 0 aliphatic carbocycles. The summed E-state index contributed by atoms with van der Waals surface area (Å²) in [6, 6.07) is 5.48. The van der Waals surface area contributed by atoms with Crippen molar-refractivity contribution in [2.45, 2.75) is 40.3 Å². The molecule has 0 bridgehead atoms. The summed E-state index contributed by atoms with van der Waals surface area (Å²) in [7, 11) is 0. The fourth-order valence-electron chi connectivity index (χ4n) is 3.04. The fourth-order valence-corrected chi connectivity index (χ4v) is 3.04. The first-order valence-corrected chi connectivity index (χ1v) is 8.96. The van der Waals surface area contributed by atoms with Crippen molar-refractivity contribution in [3.05, 3.63) is 69.0 Å². The highest BCUT2D eigenvalue weighted by Crippen LogP contribution is 2.23. The number of carbonyl (C=O) groups excluding carboxylic acids is 1. The highest BCUT2D eigenvalue weighted by atomic mass is 19.1.